The van der Waals surface area contributed by atoms with Crippen LogP contribution in [0, 0.1) is 11.6 Å². The predicted octanol–water partition coefficient (Wildman–Crippen LogP) is 6.95. The van der Waals surface area contributed by atoms with Crippen molar-refractivity contribution < 1.29 is 22.0 Å². The number of halogens is 5. The van der Waals surface area contributed by atoms with Crippen LogP contribution in [0.4, 0.5) is 22.0 Å². The summed E-state index contributed by atoms with van der Waals surface area (Å²) in [6.07, 6.45) is 3.68. The van der Waals surface area contributed by atoms with Gasteiger partial charge in [0, 0.05) is 0 Å². The van der Waals surface area contributed by atoms with Gasteiger partial charge in [-0.25, -0.2) is 8.78 Å². The molecule has 0 aliphatic heterocycles. The number of hydrogen-bond acceptors (Lipinski definition) is 2. The minimum atomic E-state index is -4.41. The molecule has 0 atom stereocenters. The molecule has 2 nitrogen and oxygen atoms in total. The Bertz CT molecular complexity index is 816. The van der Waals surface area contributed by atoms with Crippen molar-refractivity contribution in [1.29, 1.82) is 0 Å². The maximum absolute atomic E-state index is 14.2. The smallest absolute Gasteiger partial charge is 0.206 e. The molecule has 0 amide bonds. The molecule has 0 fully saturated rings. The molecule has 0 saturated carbocycles. The highest BCUT2D eigenvalue weighted by atomic mass is 19.4. The summed E-state index contributed by atoms with van der Waals surface area (Å²) >= 11 is 0. The lowest BCUT2D eigenvalue weighted by Gasteiger charge is -2.05. The van der Waals surface area contributed by atoms with Crippen LogP contribution in [0.2, 0.25) is 0 Å². The summed E-state index contributed by atoms with van der Waals surface area (Å²) in [6, 6.07) is 6.90. The fraction of sp³-hybridized carbons (Fsp3) is 0.364. The third-order valence-corrected chi connectivity index (χ3v) is 4.41. The first-order chi connectivity index (χ1) is 13.8. The van der Waals surface area contributed by atoms with Crippen LogP contribution in [0.15, 0.2) is 46.6 Å². The van der Waals surface area contributed by atoms with Crippen molar-refractivity contribution in [3.8, 4) is 0 Å². The Morgan fingerprint density at radius 1 is 0.828 bits per heavy atom. The van der Waals surface area contributed by atoms with Crippen molar-refractivity contribution in [3.05, 3.63) is 70.3 Å². The van der Waals surface area contributed by atoms with E-state index in [1.54, 1.807) is 0 Å². The van der Waals surface area contributed by atoms with Crippen LogP contribution in [0.1, 0.15) is 61.3 Å². The summed E-state index contributed by atoms with van der Waals surface area (Å²) in [5.74, 6) is -1.44. The molecular weight excluding hydrogens is 387 g/mol. The minimum Gasteiger partial charge on any atom is -0.206 e. The summed E-state index contributed by atoms with van der Waals surface area (Å²) in [7, 11) is 0. The predicted molar refractivity (Wildman–Crippen MR) is 105 cm³/mol. The van der Waals surface area contributed by atoms with Gasteiger partial charge in [-0.15, -0.1) is 0 Å². The van der Waals surface area contributed by atoms with E-state index in [4.69, 9.17) is 0 Å². The molecule has 0 N–H and O–H groups in total. The van der Waals surface area contributed by atoms with E-state index < -0.39 is 23.4 Å². The molecule has 0 saturated heterocycles. The number of aryl methyl sites for hydroxylation is 1. The Kier molecular flexibility index (Phi) is 8.49. The largest absolute Gasteiger partial charge is 0.416 e. The standard InChI is InChI=1S/C22H23F5N2/c1-2-3-4-5-6-7-17-12-20(23)19(21(24)13-17)15-29-28-14-16-8-10-18(11-9-16)22(25,26)27/h8-15H,2-7H2,1H3/b28-14+,29-15+. The zero-order valence-corrected chi connectivity index (χ0v) is 16.1. The Labute approximate surface area is 167 Å². The van der Waals surface area contributed by atoms with Crippen molar-refractivity contribution in [2.75, 3.05) is 0 Å². The highest BCUT2D eigenvalue weighted by Crippen LogP contribution is 2.28. The van der Waals surface area contributed by atoms with E-state index in [1.165, 1.54) is 30.5 Å². The maximum atomic E-state index is 14.2. The molecule has 7 heteroatoms. The first-order valence-corrected chi connectivity index (χ1v) is 9.53. The van der Waals surface area contributed by atoms with Crippen molar-refractivity contribution in [3.63, 3.8) is 0 Å². The van der Waals surface area contributed by atoms with E-state index in [9.17, 15) is 22.0 Å². The first kappa shape index (κ1) is 22.7. The number of benzene rings is 2. The molecule has 2 aromatic carbocycles. The second-order valence-corrected chi connectivity index (χ2v) is 6.75. The van der Waals surface area contributed by atoms with Crippen molar-refractivity contribution in [1.82, 2.24) is 0 Å². The average molecular weight is 410 g/mol. The lowest BCUT2D eigenvalue weighted by Crippen LogP contribution is -2.04. The van der Waals surface area contributed by atoms with Crippen LogP contribution < -0.4 is 0 Å². The molecular formula is C22H23F5N2. The van der Waals surface area contributed by atoms with E-state index in [1.807, 2.05) is 0 Å². The Hall–Kier alpha value is -2.57. The zero-order chi connectivity index (χ0) is 21.3. The van der Waals surface area contributed by atoms with E-state index in [2.05, 4.69) is 17.1 Å². The molecule has 2 rings (SSSR count). The van der Waals surface area contributed by atoms with Gasteiger partial charge < -0.3 is 0 Å². The fourth-order valence-corrected chi connectivity index (χ4v) is 2.79. The van der Waals surface area contributed by atoms with Gasteiger partial charge in [0.25, 0.3) is 0 Å². The fourth-order valence-electron chi connectivity index (χ4n) is 2.79. The molecule has 156 valence electrons. The van der Waals surface area contributed by atoms with E-state index >= 15 is 0 Å². The Balaban J connectivity index is 1.96. The third kappa shape index (κ3) is 7.40. The van der Waals surface area contributed by atoms with Gasteiger partial charge in [0.05, 0.1) is 23.6 Å². The summed E-state index contributed by atoms with van der Waals surface area (Å²) < 4.78 is 65.8. The van der Waals surface area contributed by atoms with Crippen molar-refractivity contribution in [2.24, 2.45) is 10.2 Å². The van der Waals surface area contributed by atoms with Gasteiger partial charge in [-0.05, 0) is 48.2 Å². The number of nitrogens with zero attached hydrogens (tertiary/aromatic N) is 2. The van der Waals surface area contributed by atoms with Crippen molar-refractivity contribution in [2.45, 2.75) is 51.6 Å². The third-order valence-electron chi connectivity index (χ3n) is 4.41. The molecule has 0 bridgehead atoms. The van der Waals surface area contributed by atoms with E-state index in [0.29, 0.717) is 17.5 Å². The van der Waals surface area contributed by atoms with Crippen LogP contribution in [0.3, 0.4) is 0 Å². The van der Waals surface area contributed by atoms with Crippen LogP contribution >= 0.6 is 0 Å². The summed E-state index contributed by atoms with van der Waals surface area (Å²) in [5, 5.41) is 7.24. The molecule has 0 unspecified atom stereocenters. The second kappa shape index (κ2) is 10.8. The second-order valence-electron chi connectivity index (χ2n) is 6.75. The first-order valence-electron chi connectivity index (χ1n) is 9.53. The number of alkyl halides is 3. The van der Waals surface area contributed by atoms with Crippen LogP contribution in [-0.4, -0.2) is 12.4 Å². The highest BCUT2D eigenvalue weighted by molar-refractivity contribution is 5.83. The van der Waals surface area contributed by atoms with Crippen LogP contribution in [0.5, 0.6) is 0 Å². The van der Waals surface area contributed by atoms with Gasteiger partial charge in [-0.2, -0.15) is 23.4 Å². The quantitative estimate of drug-likeness (QED) is 0.185. The number of rotatable bonds is 9. The van der Waals surface area contributed by atoms with Crippen LogP contribution in [-0.2, 0) is 12.6 Å². The number of unbranched alkanes of at least 4 members (excludes halogenated alkanes) is 4. The molecule has 0 aliphatic rings. The SMILES string of the molecule is CCCCCCCc1cc(F)c(/C=N/N=C/c2ccc(C(F)(F)F)cc2)c(F)c1. The van der Waals surface area contributed by atoms with E-state index in [-0.39, 0.29) is 5.56 Å². The van der Waals surface area contributed by atoms with Gasteiger partial charge >= 0.3 is 6.18 Å². The average Bonchev–Trinajstić information content (AvgIpc) is 2.66. The van der Waals surface area contributed by atoms with Gasteiger partial charge in [0.1, 0.15) is 11.6 Å². The van der Waals surface area contributed by atoms with Gasteiger partial charge in [-0.1, -0.05) is 44.7 Å². The lowest BCUT2D eigenvalue weighted by molar-refractivity contribution is -0.137. The molecule has 0 aromatic heterocycles. The molecule has 0 aliphatic carbocycles. The molecule has 0 radical (unpaired) electrons. The van der Waals surface area contributed by atoms with Crippen LogP contribution in [0.25, 0.3) is 0 Å². The summed E-state index contributed by atoms with van der Waals surface area (Å²) in [4.78, 5) is 0. The highest BCUT2D eigenvalue weighted by Gasteiger charge is 2.29. The molecule has 2 aromatic rings. The number of hydrogen-bond donors (Lipinski definition) is 0. The topological polar surface area (TPSA) is 24.7 Å². The van der Waals surface area contributed by atoms with E-state index in [0.717, 1.165) is 50.5 Å². The Morgan fingerprint density at radius 3 is 2.00 bits per heavy atom. The minimum absolute atomic E-state index is 0.302. The van der Waals surface area contributed by atoms with Gasteiger partial charge in [0.2, 0.25) is 0 Å². The van der Waals surface area contributed by atoms with Gasteiger partial charge in [0.15, 0.2) is 0 Å². The normalized spacial score (nSPS) is 12.3. The molecule has 0 heterocycles. The van der Waals surface area contributed by atoms with Gasteiger partial charge in [-0.3, -0.25) is 0 Å². The lowest BCUT2D eigenvalue weighted by atomic mass is 10.0. The molecule has 29 heavy (non-hydrogen) atoms. The van der Waals surface area contributed by atoms with Crippen molar-refractivity contribution >= 4 is 12.4 Å². The zero-order valence-electron chi connectivity index (χ0n) is 16.1. The summed E-state index contributed by atoms with van der Waals surface area (Å²) in [5.41, 5.74) is -0.0894. The molecule has 0 spiro atoms. The summed E-state index contributed by atoms with van der Waals surface area (Å²) in [6.45, 7) is 2.12. The monoisotopic (exact) mass is 410 g/mol. The maximum Gasteiger partial charge on any atom is 0.416 e. The Morgan fingerprint density at radius 2 is 1.41 bits per heavy atom.